The van der Waals surface area contributed by atoms with Gasteiger partial charge in [-0.25, -0.2) is 9.59 Å². The van der Waals surface area contributed by atoms with Crippen molar-refractivity contribution in [2.45, 2.75) is 52.2 Å². The summed E-state index contributed by atoms with van der Waals surface area (Å²) < 4.78 is 9.86. The molecule has 0 spiro atoms. The van der Waals surface area contributed by atoms with Crippen LogP contribution in [0.5, 0.6) is 0 Å². The third-order valence-electron chi connectivity index (χ3n) is 2.95. The number of carbonyl (C=O) groups excluding carboxylic acids is 3. The van der Waals surface area contributed by atoms with E-state index < -0.39 is 23.6 Å². The van der Waals surface area contributed by atoms with E-state index in [2.05, 4.69) is 10.1 Å². The number of nitrogens with one attached hydrogen (secondary N) is 1. The van der Waals surface area contributed by atoms with Crippen molar-refractivity contribution in [3.05, 3.63) is 0 Å². The maximum Gasteiger partial charge on any atom is 0.407 e. The molecule has 0 atom stereocenters. The zero-order valence-electron chi connectivity index (χ0n) is 13.1. The highest BCUT2D eigenvalue weighted by Crippen LogP contribution is 2.13. The minimum absolute atomic E-state index is 0.0499. The van der Waals surface area contributed by atoms with Crippen LogP contribution < -0.4 is 5.32 Å². The SMILES string of the molecule is CCOC(=O)C(=O)N1CCC(NC(=O)OC(C)(C)C)CC1. The second-order valence-corrected chi connectivity index (χ2v) is 5.93. The smallest absolute Gasteiger partial charge is 0.407 e. The second-order valence-electron chi connectivity index (χ2n) is 5.93. The molecule has 0 unspecified atom stereocenters. The van der Waals surface area contributed by atoms with Crippen LogP contribution in [0, 0.1) is 0 Å². The molecule has 1 rings (SSSR count). The summed E-state index contributed by atoms with van der Waals surface area (Å²) >= 11 is 0. The number of nitrogens with zero attached hydrogens (tertiary/aromatic N) is 1. The molecule has 1 heterocycles. The number of ether oxygens (including phenoxy) is 2. The van der Waals surface area contributed by atoms with Crippen molar-refractivity contribution < 1.29 is 23.9 Å². The second kappa shape index (κ2) is 7.28. The molecule has 7 heteroatoms. The third-order valence-corrected chi connectivity index (χ3v) is 2.95. The van der Waals surface area contributed by atoms with E-state index in [1.165, 1.54) is 4.90 Å². The van der Waals surface area contributed by atoms with Gasteiger partial charge in [0.1, 0.15) is 5.60 Å². The minimum Gasteiger partial charge on any atom is -0.459 e. The Morgan fingerprint density at radius 3 is 2.24 bits per heavy atom. The number of alkyl carbamates (subject to hydrolysis) is 1. The van der Waals surface area contributed by atoms with Crippen LogP contribution in [0.3, 0.4) is 0 Å². The van der Waals surface area contributed by atoms with Gasteiger partial charge in [0.05, 0.1) is 6.61 Å². The molecule has 0 aromatic heterocycles. The molecule has 2 amide bonds. The van der Waals surface area contributed by atoms with E-state index in [0.717, 1.165) is 0 Å². The predicted octanol–water partition coefficient (Wildman–Crippen LogP) is 1.07. The summed E-state index contributed by atoms with van der Waals surface area (Å²) in [6, 6.07) is -0.0499. The molecule has 0 aromatic rings. The lowest BCUT2D eigenvalue weighted by Crippen LogP contribution is -2.49. The fraction of sp³-hybridized carbons (Fsp3) is 0.786. The normalized spacial score (nSPS) is 16.3. The molecule has 1 saturated heterocycles. The molecular formula is C14H24N2O5. The van der Waals surface area contributed by atoms with Crippen molar-refractivity contribution >= 4 is 18.0 Å². The van der Waals surface area contributed by atoms with Crippen molar-refractivity contribution in [1.82, 2.24) is 10.2 Å². The first kappa shape index (κ1) is 17.3. The highest BCUT2D eigenvalue weighted by Gasteiger charge is 2.29. The first-order valence-electron chi connectivity index (χ1n) is 7.18. The summed E-state index contributed by atoms with van der Waals surface area (Å²) in [6.07, 6.45) is 0.715. The lowest BCUT2D eigenvalue weighted by molar-refractivity contribution is -0.160. The molecule has 0 radical (unpaired) electrons. The van der Waals surface area contributed by atoms with Crippen LogP contribution in [0.15, 0.2) is 0 Å². The summed E-state index contributed by atoms with van der Waals surface area (Å²) in [7, 11) is 0. The monoisotopic (exact) mass is 300 g/mol. The third kappa shape index (κ3) is 6.01. The molecule has 1 aliphatic rings. The van der Waals surface area contributed by atoms with Crippen LogP contribution in [0.4, 0.5) is 4.79 Å². The molecule has 120 valence electrons. The Kier molecular flexibility index (Phi) is 5.99. The van der Waals surface area contributed by atoms with Crippen molar-refractivity contribution in [1.29, 1.82) is 0 Å². The van der Waals surface area contributed by atoms with Gasteiger partial charge < -0.3 is 19.7 Å². The summed E-state index contributed by atoms with van der Waals surface area (Å²) in [6.45, 7) is 8.06. The first-order chi connectivity index (χ1) is 9.73. The van der Waals surface area contributed by atoms with Gasteiger partial charge in [0.25, 0.3) is 0 Å². The molecule has 0 aromatic carbocycles. The Morgan fingerprint density at radius 1 is 1.19 bits per heavy atom. The number of esters is 1. The molecule has 21 heavy (non-hydrogen) atoms. The van der Waals surface area contributed by atoms with E-state index in [0.29, 0.717) is 25.9 Å². The molecule has 1 N–H and O–H groups in total. The lowest BCUT2D eigenvalue weighted by Gasteiger charge is -2.32. The van der Waals surface area contributed by atoms with E-state index in [9.17, 15) is 14.4 Å². The average molecular weight is 300 g/mol. The molecule has 1 fully saturated rings. The Balaban J connectivity index is 2.37. The maximum absolute atomic E-state index is 11.7. The standard InChI is InChI=1S/C14H24N2O5/c1-5-20-12(18)11(17)16-8-6-10(7-9-16)15-13(19)21-14(2,3)4/h10H,5-9H2,1-4H3,(H,15,19). The lowest BCUT2D eigenvalue weighted by atomic mass is 10.1. The van der Waals surface area contributed by atoms with Gasteiger partial charge in [-0.2, -0.15) is 0 Å². The van der Waals surface area contributed by atoms with E-state index in [-0.39, 0.29) is 12.6 Å². The summed E-state index contributed by atoms with van der Waals surface area (Å²) in [5.74, 6) is -1.44. The molecule has 0 saturated carbocycles. The van der Waals surface area contributed by atoms with Gasteiger partial charge in [-0.05, 0) is 40.5 Å². The molecule has 7 nitrogen and oxygen atoms in total. The van der Waals surface area contributed by atoms with Crippen LogP contribution >= 0.6 is 0 Å². The van der Waals surface area contributed by atoms with Crippen molar-refractivity contribution in [3.8, 4) is 0 Å². The Labute approximate surface area is 124 Å². The first-order valence-corrected chi connectivity index (χ1v) is 7.18. The predicted molar refractivity (Wildman–Crippen MR) is 75.6 cm³/mol. The van der Waals surface area contributed by atoms with Crippen LogP contribution in [0.25, 0.3) is 0 Å². The highest BCUT2D eigenvalue weighted by atomic mass is 16.6. The Bertz CT molecular complexity index is 395. The van der Waals surface area contributed by atoms with E-state index in [1.807, 2.05) is 0 Å². The van der Waals surface area contributed by atoms with Crippen LogP contribution in [-0.4, -0.2) is 54.2 Å². The summed E-state index contributed by atoms with van der Waals surface area (Å²) in [5, 5.41) is 2.77. The summed E-state index contributed by atoms with van der Waals surface area (Å²) in [4.78, 5) is 36.2. The topological polar surface area (TPSA) is 84.9 Å². The van der Waals surface area contributed by atoms with Crippen molar-refractivity contribution in [3.63, 3.8) is 0 Å². The van der Waals surface area contributed by atoms with Crippen molar-refractivity contribution in [2.75, 3.05) is 19.7 Å². The van der Waals surface area contributed by atoms with Crippen LogP contribution in [0.2, 0.25) is 0 Å². The van der Waals surface area contributed by atoms with E-state index in [1.54, 1.807) is 27.7 Å². The number of hydrogen-bond donors (Lipinski definition) is 1. The van der Waals surface area contributed by atoms with Gasteiger partial charge in [0.2, 0.25) is 0 Å². The van der Waals surface area contributed by atoms with Gasteiger partial charge >= 0.3 is 18.0 Å². The van der Waals surface area contributed by atoms with Gasteiger partial charge in [-0.3, -0.25) is 4.79 Å². The maximum atomic E-state index is 11.7. The zero-order valence-corrected chi connectivity index (χ0v) is 13.1. The molecule has 1 aliphatic heterocycles. The number of likely N-dealkylation sites (tertiary alicyclic amines) is 1. The number of piperidine rings is 1. The quantitative estimate of drug-likeness (QED) is 0.609. The van der Waals surface area contributed by atoms with E-state index >= 15 is 0 Å². The molecular weight excluding hydrogens is 276 g/mol. The summed E-state index contributed by atoms with van der Waals surface area (Å²) in [5.41, 5.74) is -0.537. The number of amides is 2. The molecule has 0 aliphatic carbocycles. The Morgan fingerprint density at radius 2 is 1.76 bits per heavy atom. The zero-order chi connectivity index (χ0) is 16.0. The van der Waals surface area contributed by atoms with Crippen molar-refractivity contribution in [2.24, 2.45) is 0 Å². The number of rotatable bonds is 2. The molecule has 0 bridgehead atoms. The largest absolute Gasteiger partial charge is 0.459 e. The van der Waals surface area contributed by atoms with E-state index in [4.69, 9.17) is 4.74 Å². The van der Waals surface area contributed by atoms with Gasteiger partial charge in [0.15, 0.2) is 0 Å². The minimum atomic E-state index is -0.823. The highest BCUT2D eigenvalue weighted by molar-refractivity contribution is 6.32. The number of hydrogen-bond acceptors (Lipinski definition) is 5. The van der Waals surface area contributed by atoms with Gasteiger partial charge in [-0.15, -0.1) is 0 Å². The Hall–Kier alpha value is -1.79. The average Bonchev–Trinajstić information content (AvgIpc) is 2.36. The van der Waals surface area contributed by atoms with Gasteiger partial charge in [0, 0.05) is 19.1 Å². The van der Waals surface area contributed by atoms with Crippen LogP contribution in [-0.2, 0) is 19.1 Å². The van der Waals surface area contributed by atoms with Crippen LogP contribution in [0.1, 0.15) is 40.5 Å². The fourth-order valence-electron chi connectivity index (χ4n) is 2.02. The number of carbonyl (C=O) groups is 3. The fourth-order valence-corrected chi connectivity index (χ4v) is 2.02. The van der Waals surface area contributed by atoms with Gasteiger partial charge in [-0.1, -0.05) is 0 Å².